The number of benzene rings is 2. The molecule has 1 unspecified atom stereocenters. The van der Waals surface area contributed by atoms with Crippen molar-refractivity contribution in [2.45, 2.75) is 12.5 Å². The Morgan fingerprint density at radius 3 is 2.27 bits per heavy atom. The van der Waals surface area contributed by atoms with Crippen LogP contribution in [-0.2, 0) is 11.3 Å². The Balaban J connectivity index is 2.07. The summed E-state index contributed by atoms with van der Waals surface area (Å²) in [7, 11) is 5.12. The van der Waals surface area contributed by atoms with Gasteiger partial charge in [-0.25, -0.2) is 0 Å². The molecule has 0 fully saturated rings. The molecule has 0 aromatic heterocycles. The molecule has 0 bridgehead atoms. The van der Waals surface area contributed by atoms with E-state index < -0.39 is 0 Å². The molecule has 1 aliphatic rings. The van der Waals surface area contributed by atoms with E-state index in [0.717, 1.165) is 28.2 Å². The number of hydrogen-bond acceptors (Lipinski definition) is 3. The van der Waals surface area contributed by atoms with Gasteiger partial charge in [-0.2, -0.15) is 0 Å². The highest BCUT2D eigenvalue weighted by Crippen LogP contribution is 2.36. The molecule has 1 heterocycles. The molecular formula is C18H19NO3. The predicted octanol–water partition coefficient (Wildman–Crippen LogP) is 2.81. The van der Waals surface area contributed by atoms with Crippen LogP contribution in [0.3, 0.4) is 0 Å². The summed E-state index contributed by atoms with van der Waals surface area (Å²) in [5.74, 6) is 1.44. The lowest BCUT2D eigenvalue weighted by Crippen LogP contribution is -2.36. The number of ether oxygens (including phenoxy) is 2. The van der Waals surface area contributed by atoms with Crippen molar-refractivity contribution in [3.05, 3.63) is 59.2 Å². The summed E-state index contributed by atoms with van der Waals surface area (Å²) in [6, 6.07) is 13.6. The molecule has 4 nitrogen and oxygen atoms in total. The van der Waals surface area contributed by atoms with Gasteiger partial charge >= 0.3 is 0 Å². The van der Waals surface area contributed by atoms with E-state index in [1.807, 2.05) is 49.5 Å². The molecule has 0 saturated heterocycles. The Hall–Kier alpha value is -2.49. The molecular weight excluding hydrogens is 278 g/mol. The number of fused-ring (bicyclic) bond motifs is 1. The fourth-order valence-corrected chi connectivity index (χ4v) is 2.93. The number of carbonyl (C=O) groups excluding carboxylic acids is 1. The number of carbonyl (C=O) groups is 1. The highest BCUT2D eigenvalue weighted by molar-refractivity contribution is 5.89. The lowest BCUT2D eigenvalue weighted by Gasteiger charge is -2.32. The number of amides is 1. The van der Waals surface area contributed by atoms with Gasteiger partial charge in [0.1, 0.15) is 11.5 Å². The third-order valence-electron chi connectivity index (χ3n) is 4.14. The molecule has 2 aromatic rings. The van der Waals surface area contributed by atoms with Crippen molar-refractivity contribution in [3.8, 4) is 11.5 Å². The summed E-state index contributed by atoms with van der Waals surface area (Å²) in [5, 5.41) is 0. The Labute approximate surface area is 130 Å². The molecule has 0 radical (unpaired) electrons. The van der Waals surface area contributed by atoms with E-state index in [0.29, 0.717) is 6.54 Å². The van der Waals surface area contributed by atoms with Crippen LogP contribution >= 0.6 is 0 Å². The summed E-state index contributed by atoms with van der Waals surface area (Å²) < 4.78 is 10.5. The first kappa shape index (κ1) is 14.4. The largest absolute Gasteiger partial charge is 0.497 e. The number of rotatable bonds is 3. The topological polar surface area (TPSA) is 38.8 Å². The van der Waals surface area contributed by atoms with Gasteiger partial charge < -0.3 is 14.4 Å². The predicted molar refractivity (Wildman–Crippen MR) is 84.3 cm³/mol. The molecule has 1 amide bonds. The van der Waals surface area contributed by atoms with Crippen molar-refractivity contribution in [2.24, 2.45) is 0 Å². The van der Waals surface area contributed by atoms with E-state index in [4.69, 9.17) is 9.47 Å². The second-order valence-electron chi connectivity index (χ2n) is 5.47. The molecule has 0 saturated carbocycles. The molecule has 0 aliphatic carbocycles. The molecule has 4 heteroatoms. The summed E-state index contributed by atoms with van der Waals surface area (Å²) in [5.41, 5.74) is 3.15. The minimum Gasteiger partial charge on any atom is -0.497 e. The van der Waals surface area contributed by atoms with Gasteiger partial charge in [0.05, 0.1) is 20.1 Å². The molecule has 22 heavy (non-hydrogen) atoms. The van der Waals surface area contributed by atoms with Gasteiger partial charge in [-0.15, -0.1) is 0 Å². The van der Waals surface area contributed by atoms with Crippen LogP contribution in [0.5, 0.6) is 11.5 Å². The average Bonchev–Trinajstić information content (AvgIpc) is 2.56. The maximum atomic E-state index is 12.7. The van der Waals surface area contributed by atoms with E-state index in [1.54, 1.807) is 19.1 Å². The zero-order chi connectivity index (χ0) is 15.7. The van der Waals surface area contributed by atoms with Crippen molar-refractivity contribution in [3.63, 3.8) is 0 Å². The zero-order valence-electron chi connectivity index (χ0n) is 13.0. The van der Waals surface area contributed by atoms with Crippen molar-refractivity contribution in [1.82, 2.24) is 4.90 Å². The highest BCUT2D eigenvalue weighted by atomic mass is 16.5. The van der Waals surface area contributed by atoms with E-state index in [9.17, 15) is 4.79 Å². The Morgan fingerprint density at radius 2 is 1.64 bits per heavy atom. The van der Waals surface area contributed by atoms with Crippen LogP contribution in [0.15, 0.2) is 42.5 Å². The summed E-state index contributed by atoms with van der Waals surface area (Å²) >= 11 is 0. The second-order valence-corrected chi connectivity index (χ2v) is 5.47. The fraction of sp³-hybridized carbons (Fsp3) is 0.278. The molecule has 1 atom stereocenters. The molecule has 0 N–H and O–H groups in total. The Bertz CT molecular complexity index is 694. The first-order valence-electron chi connectivity index (χ1n) is 7.19. The zero-order valence-corrected chi connectivity index (χ0v) is 13.0. The van der Waals surface area contributed by atoms with Gasteiger partial charge in [0, 0.05) is 13.6 Å². The van der Waals surface area contributed by atoms with Crippen molar-refractivity contribution in [2.75, 3.05) is 21.3 Å². The smallest absolute Gasteiger partial charge is 0.234 e. The fourth-order valence-electron chi connectivity index (χ4n) is 2.93. The molecule has 3 rings (SSSR count). The molecule has 114 valence electrons. The maximum absolute atomic E-state index is 12.7. The van der Waals surface area contributed by atoms with Gasteiger partial charge in [0.15, 0.2) is 0 Å². The first-order valence-corrected chi connectivity index (χ1v) is 7.19. The third kappa shape index (κ3) is 2.41. The van der Waals surface area contributed by atoms with E-state index >= 15 is 0 Å². The van der Waals surface area contributed by atoms with Crippen LogP contribution in [0.2, 0.25) is 0 Å². The van der Waals surface area contributed by atoms with Crippen molar-refractivity contribution in [1.29, 1.82) is 0 Å². The minimum absolute atomic E-state index is 0.114. The van der Waals surface area contributed by atoms with Gasteiger partial charge in [-0.1, -0.05) is 18.2 Å². The summed E-state index contributed by atoms with van der Waals surface area (Å²) in [6.07, 6.45) is 0. The summed E-state index contributed by atoms with van der Waals surface area (Å²) in [4.78, 5) is 14.4. The van der Waals surface area contributed by atoms with E-state index in [-0.39, 0.29) is 11.8 Å². The molecule has 0 spiro atoms. The Morgan fingerprint density at radius 1 is 1.00 bits per heavy atom. The van der Waals surface area contributed by atoms with Crippen molar-refractivity contribution >= 4 is 5.91 Å². The standard InChI is InChI=1S/C18H19NO3/c1-19-11-13-10-15(22-3)8-9-16(13)17(18(19)20)12-4-6-14(21-2)7-5-12/h4-10,17H,11H2,1-3H3. The number of likely N-dealkylation sites (N-methyl/N-ethyl adjacent to an activating group) is 1. The number of nitrogens with zero attached hydrogens (tertiary/aromatic N) is 1. The summed E-state index contributed by atoms with van der Waals surface area (Å²) in [6.45, 7) is 0.609. The van der Waals surface area contributed by atoms with Crippen LogP contribution < -0.4 is 9.47 Å². The first-order chi connectivity index (χ1) is 10.6. The van der Waals surface area contributed by atoms with Crippen LogP contribution in [0, 0.1) is 0 Å². The van der Waals surface area contributed by atoms with Crippen LogP contribution in [-0.4, -0.2) is 32.1 Å². The van der Waals surface area contributed by atoms with Gasteiger partial charge in [0.2, 0.25) is 5.91 Å². The molecule has 1 aliphatic heterocycles. The monoisotopic (exact) mass is 297 g/mol. The molecule has 2 aromatic carbocycles. The third-order valence-corrected chi connectivity index (χ3v) is 4.14. The normalized spacial score (nSPS) is 17.1. The number of hydrogen-bond donors (Lipinski definition) is 0. The highest BCUT2D eigenvalue weighted by Gasteiger charge is 2.32. The second kappa shape index (κ2) is 5.72. The van der Waals surface area contributed by atoms with E-state index in [2.05, 4.69) is 0 Å². The average molecular weight is 297 g/mol. The maximum Gasteiger partial charge on any atom is 0.234 e. The van der Waals surface area contributed by atoms with E-state index in [1.165, 1.54) is 0 Å². The van der Waals surface area contributed by atoms with Crippen LogP contribution in [0.25, 0.3) is 0 Å². The van der Waals surface area contributed by atoms with Gasteiger partial charge in [0.25, 0.3) is 0 Å². The van der Waals surface area contributed by atoms with Gasteiger partial charge in [-0.05, 0) is 41.0 Å². The lowest BCUT2D eigenvalue weighted by atomic mass is 9.84. The van der Waals surface area contributed by atoms with Crippen molar-refractivity contribution < 1.29 is 14.3 Å². The minimum atomic E-state index is -0.273. The SMILES string of the molecule is COc1ccc(C2C(=O)N(C)Cc3cc(OC)ccc32)cc1. The Kier molecular flexibility index (Phi) is 3.75. The van der Waals surface area contributed by atoms with Gasteiger partial charge in [-0.3, -0.25) is 4.79 Å². The number of methoxy groups -OCH3 is 2. The van der Waals surface area contributed by atoms with Crippen LogP contribution in [0.1, 0.15) is 22.6 Å². The van der Waals surface area contributed by atoms with Crippen LogP contribution in [0.4, 0.5) is 0 Å². The quantitative estimate of drug-likeness (QED) is 0.874. The lowest BCUT2D eigenvalue weighted by molar-refractivity contribution is -0.131.